The third-order valence-electron chi connectivity index (χ3n) is 3.67. The summed E-state index contributed by atoms with van der Waals surface area (Å²) in [6.45, 7) is 0. The first-order valence-electron chi connectivity index (χ1n) is 6.72. The molecule has 3 N–H and O–H groups in total. The van der Waals surface area contributed by atoms with Gasteiger partial charge in [0, 0.05) is 17.6 Å². The molecule has 1 aliphatic carbocycles. The normalized spacial score (nSPS) is 22.9. The van der Waals surface area contributed by atoms with Gasteiger partial charge in [0.25, 0.3) is 5.91 Å². The van der Waals surface area contributed by atoms with Crippen molar-refractivity contribution in [2.24, 2.45) is 5.73 Å². The highest BCUT2D eigenvalue weighted by atomic mass is 19.4. The first-order chi connectivity index (χ1) is 9.79. The second kappa shape index (κ2) is 6.01. The lowest BCUT2D eigenvalue weighted by Gasteiger charge is -2.29. The quantitative estimate of drug-likeness (QED) is 0.826. The van der Waals surface area contributed by atoms with Crippen LogP contribution in [0, 0.1) is 5.82 Å². The Morgan fingerprint density at radius 3 is 2.52 bits per heavy atom. The van der Waals surface area contributed by atoms with E-state index in [1.165, 1.54) is 0 Å². The Kier molecular flexibility index (Phi) is 4.51. The van der Waals surface area contributed by atoms with Crippen LogP contribution in [-0.2, 0) is 6.18 Å². The average molecular weight is 304 g/mol. The van der Waals surface area contributed by atoms with Gasteiger partial charge >= 0.3 is 6.18 Å². The van der Waals surface area contributed by atoms with Crippen LogP contribution in [0.25, 0.3) is 0 Å². The summed E-state index contributed by atoms with van der Waals surface area (Å²) in [5.41, 5.74) is 4.21. The maximum Gasteiger partial charge on any atom is 0.419 e. The highest BCUT2D eigenvalue weighted by Crippen LogP contribution is 2.32. The van der Waals surface area contributed by atoms with Gasteiger partial charge in [-0.3, -0.25) is 4.79 Å². The van der Waals surface area contributed by atoms with Crippen molar-refractivity contribution in [2.75, 3.05) is 0 Å². The summed E-state index contributed by atoms with van der Waals surface area (Å²) in [5.74, 6) is -2.06. The van der Waals surface area contributed by atoms with Crippen molar-refractivity contribution in [3.63, 3.8) is 0 Å². The predicted molar refractivity (Wildman–Crippen MR) is 69.1 cm³/mol. The fraction of sp³-hybridized carbons (Fsp3) is 0.500. The van der Waals surface area contributed by atoms with Crippen LogP contribution in [0.2, 0.25) is 0 Å². The van der Waals surface area contributed by atoms with Crippen LogP contribution >= 0.6 is 0 Å². The van der Waals surface area contributed by atoms with Crippen LogP contribution in [0.15, 0.2) is 18.2 Å². The topological polar surface area (TPSA) is 55.1 Å². The van der Waals surface area contributed by atoms with Gasteiger partial charge in [0.05, 0.1) is 5.56 Å². The van der Waals surface area contributed by atoms with Crippen LogP contribution in [-0.4, -0.2) is 18.0 Å². The standard InChI is InChI=1S/C14H16F4N2O/c15-10-6-5-8(7-9(10)14(16,17)18)13(21)20-12-4-2-1-3-11(12)19/h5-7,11-12H,1-4,19H2,(H,20,21). The molecule has 2 unspecified atom stereocenters. The molecule has 116 valence electrons. The fourth-order valence-electron chi connectivity index (χ4n) is 2.47. The highest BCUT2D eigenvalue weighted by Gasteiger charge is 2.35. The maximum atomic E-state index is 13.2. The van der Waals surface area contributed by atoms with Crippen LogP contribution in [0.4, 0.5) is 17.6 Å². The minimum Gasteiger partial charge on any atom is -0.348 e. The number of carbonyl (C=O) groups is 1. The summed E-state index contributed by atoms with van der Waals surface area (Å²) in [6.07, 6.45) is -1.48. The molecule has 1 saturated carbocycles. The number of rotatable bonds is 2. The fourth-order valence-corrected chi connectivity index (χ4v) is 2.47. The van der Waals surface area contributed by atoms with Crippen molar-refractivity contribution >= 4 is 5.91 Å². The van der Waals surface area contributed by atoms with Crippen molar-refractivity contribution in [3.8, 4) is 0 Å². The number of hydrogen-bond acceptors (Lipinski definition) is 2. The second-order valence-electron chi connectivity index (χ2n) is 5.22. The van der Waals surface area contributed by atoms with E-state index in [2.05, 4.69) is 5.32 Å². The molecule has 0 aromatic heterocycles. The molecule has 3 nitrogen and oxygen atoms in total. The zero-order valence-electron chi connectivity index (χ0n) is 11.2. The van der Waals surface area contributed by atoms with Gasteiger partial charge in [0.2, 0.25) is 0 Å². The maximum absolute atomic E-state index is 13.2. The largest absolute Gasteiger partial charge is 0.419 e. The molecule has 0 saturated heterocycles. The molecule has 0 bridgehead atoms. The number of halogens is 4. The Morgan fingerprint density at radius 1 is 1.24 bits per heavy atom. The van der Waals surface area contributed by atoms with E-state index in [9.17, 15) is 22.4 Å². The minimum absolute atomic E-state index is 0.203. The molecular formula is C14H16F4N2O. The Hall–Kier alpha value is -1.63. The summed E-state index contributed by atoms with van der Waals surface area (Å²) in [7, 11) is 0. The monoisotopic (exact) mass is 304 g/mol. The van der Waals surface area contributed by atoms with Crippen LogP contribution in [0.3, 0.4) is 0 Å². The SMILES string of the molecule is NC1CCCCC1NC(=O)c1ccc(F)c(C(F)(F)F)c1. The van der Waals surface area contributed by atoms with Gasteiger partial charge < -0.3 is 11.1 Å². The molecule has 0 heterocycles. The molecule has 7 heteroatoms. The smallest absolute Gasteiger partial charge is 0.348 e. The number of carbonyl (C=O) groups excluding carboxylic acids is 1. The second-order valence-corrected chi connectivity index (χ2v) is 5.22. The third kappa shape index (κ3) is 3.72. The molecule has 1 amide bonds. The molecule has 0 spiro atoms. The van der Waals surface area contributed by atoms with Gasteiger partial charge in [-0.1, -0.05) is 12.8 Å². The summed E-state index contributed by atoms with van der Waals surface area (Å²) in [4.78, 5) is 12.0. The van der Waals surface area contributed by atoms with Crippen LogP contribution < -0.4 is 11.1 Å². The van der Waals surface area contributed by atoms with E-state index in [4.69, 9.17) is 5.73 Å². The van der Waals surface area contributed by atoms with Crippen LogP contribution in [0.1, 0.15) is 41.6 Å². The summed E-state index contributed by atoms with van der Waals surface area (Å²) in [5, 5.41) is 2.63. The molecule has 1 aromatic carbocycles. The van der Waals surface area contributed by atoms with Crippen molar-refractivity contribution in [2.45, 2.75) is 43.9 Å². The van der Waals surface area contributed by atoms with E-state index >= 15 is 0 Å². The molecule has 1 aromatic rings. The average Bonchev–Trinajstić information content (AvgIpc) is 2.40. The van der Waals surface area contributed by atoms with E-state index in [1.807, 2.05) is 0 Å². The van der Waals surface area contributed by atoms with Gasteiger partial charge in [0.15, 0.2) is 0 Å². The van der Waals surface area contributed by atoms with E-state index in [-0.39, 0.29) is 17.6 Å². The van der Waals surface area contributed by atoms with Crippen molar-refractivity contribution in [3.05, 3.63) is 35.1 Å². The van der Waals surface area contributed by atoms with Gasteiger partial charge in [-0.25, -0.2) is 4.39 Å². The molecule has 1 aliphatic rings. The van der Waals surface area contributed by atoms with E-state index in [0.29, 0.717) is 18.6 Å². The van der Waals surface area contributed by atoms with E-state index < -0.39 is 23.5 Å². The van der Waals surface area contributed by atoms with Gasteiger partial charge in [0.1, 0.15) is 5.82 Å². The lowest BCUT2D eigenvalue weighted by Crippen LogP contribution is -2.49. The molecule has 21 heavy (non-hydrogen) atoms. The molecule has 2 rings (SSSR count). The first-order valence-corrected chi connectivity index (χ1v) is 6.72. The van der Waals surface area contributed by atoms with Gasteiger partial charge in [-0.05, 0) is 31.0 Å². The third-order valence-corrected chi connectivity index (χ3v) is 3.67. The van der Waals surface area contributed by atoms with Crippen molar-refractivity contribution in [1.29, 1.82) is 0 Å². The Labute approximate surface area is 119 Å². The van der Waals surface area contributed by atoms with Crippen LogP contribution in [0.5, 0.6) is 0 Å². The molecule has 1 fully saturated rings. The Bertz CT molecular complexity index is 530. The number of amides is 1. The minimum atomic E-state index is -4.83. The lowest BCUT2D eigenvalue weighted by atomic mass is 9.91. The van der Waals surface area contributed by atoms with Gasteiger partial charge in [-0.2, -0.15) is 13.2 Å². The van der Waals surface area contributed by atoms with Gasteiger partial charge in [-0.15, -0.1) is 0 Å². The van der Waals surface area contributed by atoms with Crippen molar-refractivity contribution < 1.29 is 22.4 Å². The van der Waals surface area contributed by atoms with Crippen molar-refractivity contribution in [1.82, 2.24) is 5.32 Å². The molecule has 2 atom stereocenters. The number of hydrogen-bond donors (Lipinski definition) is 2. The highest BCUT2D eigenvalue weighted by molar-refractivity contribution is 5.94. The Morgan fingerprint density at radius 2 is 1.90 bits per heavy atom. The summed E-state index contributed by atoms with van der Waals surface area (Å²) < 4.78 is 51.0. The number of alkyl halides is 3. The summed E-state index contributed by atoms with van der Waals surface area (Å²) >= 11 is 0. The summed E-state index contributed by atoms with van der Waals surface area (Å²) in [6, 6.07) is 1.75. The zero-order valence-corrected chi connectivity index (χ0v) is 11.2. The number of benzene rings is 1. The van der Waals surface area contributed by atoms with E-state index in [1.54, 1.807) is 0 Å². The molecular weight excluding hydrogens is 288 g/mol. The Balaban J connectivity index is 2.16. The van der Waals surface area contributed by atoms with E-state index in [0.717, 1.165) is 25.3 Å². The number of nitrogens with two attached hydrogens (primary N) is 1. The predicted octanol–water partition coefficient (Wildman–Crippen LogP) is 2.84. The lowest BCUT2D eigenvalue weighted by molar-refractivity contribution is -0.140. The molecule has 0 aliphatic heterocycles. The number of nitrogens with one attached hydrogen (secondary N) is 1. The zero-order chi connectivity index (χ0) is 15.6. The molecule has 0 radical (unpaired) electrons. The first kappa shape index (κ1) is 15.8.